The van der Waals surface area contributed by atoms with Crippen LogP contribution in [-0.4, -0.2) is 43.0 Å². The number of rotatable bonds is 5. The molecule has 0 fully saturated rings. The highest BCUT2D eigenvalue weighted by Crippen LogP contribution is 2.32. The van der Waals surface area contributed by atoms with E-state index < -0.39 is 9.73 Å². The number of nitrogens with zero attached hydrogens (tertiary/aromatic N) is 4. The van der Waals surface area contributed by atoms with E-state index >= 15 is 0 Å². The quantitative estimate of drug-likeness (QED) is 0.413. The van der Waals surface area contributed by atoms with E-state index in [1.54, 1.807) is 61.3 Å². The maximum Gasteiger partial charge on any atom is 0.338 e. The lowest BCUT2D eigenvalue weighted by Gasteiger charge is -2.21. The average molecular weight is 525 g/mol. The highest BCUT2D eigenvalue weighted by Gasteiger charge is 2.29. The van der Waals surface area contributed by atoms with Gasteiger partial charge >= 0.3 is 5.69 Å². The summed E-state index contributed by atoms with van der Waals surface area (Å²) < 4.78 is 44.8. The molecule has 1 aliphatic rings. The molecule has 0 bridgehead atoms. The molecule has 2 aromatic carbocycles. The molecule has 0 saturated heterocycles. The Morgan fingerprint density at radius 3 is 2.46 bits per heavy atom. The number of fused-ring (bicyclic) bond motifs is 1. The predicted molar refractivity (Wildman–Crippen MR) is 140 cm³/mol. The summed E-state index contributed by atoms with van der Waals surface area (Å²) in [7, 11) is -1.57. The highest BCUT2D eigenvalue weighted by atomic mass is 32.2. The first-order valence-corrected chi connectivity index (χ1v) is 13.8. The average Bonchev–Trinajstić information content (AvgIpc) is 3.42. The fourth-order valence-electron chi connectivity index (χ4n) is 4.92. The van der Waals surface area contributed by atoms with Crippen molar-refractivity contribution in [3.63, 3.8) is 0 Å². The summed E-state index contributed by atoms with van der Waals surface area (Å²) in [6, 6.07) is 8.22. The Kier molecular flexibility index (Phi) is 6.07. The van der Waals surface area contributed by atoms with Crippen LogP contribution in [0.3, 0.4) is 0 Å². The molecule has 0 radical (unpaired) electrons. The van der Waals surface area contributed by atoms with E-state index in [0.29, 0.717) is 34.7 Å². The standard InChI is InChI=1S/C26H29FN6O3S/c1-15-12-19(13-16(2)24(15)27)33-25(23-17(3)29-9-8-20(23)30-33)32-11-10-31(26(32)34)18-6-7-22(37(5,28)35)21(14-18)36-4/h6-7,10-14,17,28-29H,8-9H2,1-5H3/t17-,37?/m0/s1. The maximum absolute atomic E-state index is 14.4. The lowest BCUT2D eigenvalue weighted by molar-refractivity contribution is 0.403. The van der Waals surface area contributed by atoms with Gasteiger partial charge in [-0.15, -0.1) is 0 Å². The van der Waals surface area contributed by atoms with Crippen molar-refractivity contribution in [2.75, 3.05) is 19.9 Å². The van der Waals surface area contributed by atoms with Crippen molar-refractivity contribution in [2.45, 2.75) is 38.1 Å². The molecule has 2 N–H and O–H groups in total. The van der Waals surface area contributed by atoms with Crippen molar-refractivity contribution >= 4 is 9.73 Å². The number of benzene rings is 2. The molecule has 4 aromatic rings. The van der Waals surface area contributed by atoms with Crippen LogP contribution >= 0.6 is 0 Å². The highest BCUT2D eigenvalue weighted by molar-refractivity contribution is 7.91. The van der Waals surface area contributed by atoms with E-state index in [1.807, 2.05) is 6.92 Å². The van der Waals surface area contributed by atoms with Gasteiger partial charge in [0, 0.05) is 49.3 Å². The molecule has 3 heterocycles. The Labute approximate surface area is 214 Å². The Hall–Kier alpha value is -3.70. The van der Waals surface area contributed by atoms with Crippen molar-refractivity contribution in [3.05, 3.63) is 81.4 Å². The molecule has 37 heavy (non-hydrogen) atoms. The Bertz CT molecular complexity index is 1680. The van der Waals surface area contributed by atoms with Crippen molar-refractivity contribution in [2.24, 2.45) is 0 Å². The number of aromatic nitrogens is 4. The van der Waals surface area contributed by atoms with E-state index in [-0.39, 0.29) is 28.2 Å². The molecule has 2 atom stereocenters. The smallest absolute Gasteiger partial charge is 0.338 e. The van der Waals surface area contributed by atoms with Gasteiger partial charge in [0.1, 0.15) is 17.4 Å². The molecule has 0 amide bonds. The molecule has 2 aromatic heterocycles. The summed E-state index contributed by atoms with van der Waals surface area (Å²) in [4.78, 5) is 14.0. The molecule has 0 spiro atoms. The third-order valence-electron chi connectivity index (χ3n) is 6.73. The Balaban J connectivity index is 1.72. The van der Waals surface area contributed by atoms with Crippen LogP contribution in [-0.2, 0) is 16.1 Å². The minimum absolute atomic E-state index is 0.0421. The van der Waals surface area contributed by atoms with Crippen LogP contribution < -0.4 is 15.7 Å². The lowest BCUT2D eigenvalue weighted by Crippen LogP contribution is -2.30. The molecule has 1 unspecified atom stereocenters. The number of nitrogens with one attached hydrogen (secondary N) is 2. The molecule has 0 saturated carbocycles. The molecular weight excluding hydrogens is 495 g/mol. The summed E-state index contributed by atoms with van der Waals surface area (Å²) in [5, 5.41) is 8.30. The van der Waals surface area contributed by atoms with Crippen LogP contribution in [0.1, 0.15) is 35.3 Å². The van der Waals surface area contributed by atoms with E-state index in [0.717, 1.165) is 17.8 Å². The zero-order valence-electron chi connectivity index (χ0n) is 21.3. The van der Waals surface area contributed by atoms with E-state index in [4.69, 9.17) is 14.6 Å². The second kappa shape index (κ2) is 9.00. The van der Waals surface area contributed by atoms with Gasteiger partial charge in [0.2, 0.25) is 0 Å². The lowest BCUT2D eigenvalue weighted by atomic mass is 10.0. The number of hydrogen-bond donors (Lipinski definition) is 2. The van der Waals surface area contributed by atoms with Crippen LogP contribution in [0.5, 0.6) is 5.75 Å². The largest absolute Gasteiger partial charge is 0.495 e. The molecule has 5 rings (SSSR count). The van der Waals surface area contributed by atoms with Crippen molar-refractivity contribution < 1.29 is 13.3 Å². The van der Waals surface area contributed by atoms with Crippen LogP contribution in [0.25, 0.3) is 17.2 Å². The minimum Gasteiger partial charge on any atom is -0.495 e. The zero-order chi connectivity index (χ0) is 26.6. The van der Waals surface area contributed by atoms with Gasteiger partial charge in [-0.1, -0.05) is 0 Å². The van der Waals surface area contributed by atoms with E-state index in [1.165, 1.54) is 22.5 Å². The second-order valence-electron chi connectivity index (χ2n) is 9.41. The van der Waals surface area contributed by atoms with Crippen molar-refractivity contribution in [1.82, 2.24) is 24.2 Å². The topological polar surface area (TPSA) is 107 Å². The molecule has 194 valence electrons. The third kappa shape index (κ3) is 4.17. The first kappa shape index (κ1) is 25.0. The van der Waals surface area contributed by atoms with Gasteiger partial charge in [0.15, 0.2) is 0 Å². The van der Waals surface area contributed by atoms with Gasteiger partial charge in [0.05, 0.1) is 38.8 Å². The van der Waals surface area contributed by atoms with Gasteiger partial charge in [-0.3, -0.25) is 9.13 Å². The SMILES string of the molecule is COc1cc(-n2ccn(-c3c4c(nn3-c3cc(C)c(F)c(C)c3)CCN[C@H]4C)c2=O)ccc1S(C)(=N)=O. The van der Waals surface area contributed by atoms with E-state index in [2.05, 4.69) is 5.32 Å². The number of imidazole rings is 1. The fraction of sp³-hybridized carbons (Fsp3) is 0.308. The second-order valence-corrected chi connectivity index (χ2v) is 11.5. The van der Waals surface area contributed by atoms with Crippen LogP contribution in [0.2, 0.25) is 0 Å². The summed E-state index contributed by atoms with van der Waals surface area (Å²) in [6.07, 6.45) is 5.35. The summed E-state index contributed by atoms with van der Waals surface area (Å²) in [5.74, 6) is 0.606. The molecule has 1 aliphatic heterocycles. The summed E-state index contributed by atoms with van der Waals surface area (Å²) in [5.41, 5.74) is 3.65. The Morgan fingerprint density at radius 1 is 1.14 bits per heavy atom. The normalized spacial score (nSPS) is 16.9. The van der Waals surface area contributed by atoms with Crippen LogP contribution in [0.15, 0.2) is 52.4 Å². The first-order valence-electron chi connectivity index (χ1n) is 11.9. The summed E-state index contributed by atoms with van der Waals surface area (Å²) in [6.45, 7) is 6.22. The number of methoxy groups -OCH3 is 1. The number of aryl methyl sites for hydroxylation is 2. The van der Waals surface area contributed by atoms with E-state index in [9.17, 15) is 13.4 Å². The van der Waals surface area contributed by atoms with Crippen molar-refractivity contribution in [1.29, 1.82) is 4.78 Å². The molecule has 11 heteroatoms. The maximum atomic E-state index is 14.4. The zero-order valence-corrected chi connectivity index (χ0v) is 22.1. The number of halogens is 1. The monoisotopic (exact) mass is 524 g/mol. The predicted octanol–water partition coefficient (Wildman–Crippen LogP) is 3.82. The van der Waals surface area contributed by atoms with Gasteiger partial charge in [-0.05, 0) is 56.2 Å². The van der Waals surface area contributed by atoms with Crippen LogP contribution in [0.4, 0.5) is 4.39 Å². The third-order valence-corrected chi connectivity index (χ3v) is 7.91. The minimum atomic E-state index is -3.01. The van der Waals surface area contributed by atoms with Crippen LogP contribution in [0, 0.1) is 24.4 Å². The fourth-order valence-corrected chi connectivity index (χ4v) is 5.78. The first-order chi connectivity index (χ1) is 17.5. The number of hydrogen-bond acceptors (Lipinski definition) is 6. The summed E-state index contributed by atoms with van der Waals surface area (Å²) >= 11 is 0. The molecule has 9 nitrogen and oxygen atoms in total. The molecular formula is C26H29FN6O3S. The van der Waals surface area contributed by atoms with Gasteiger partial charge in [0.25, 0.3) is 0 Å². The number of ether oxygens (including phenoxy) is 1. The Morgan fingerprint density at radius 2 is 1.81 bits per heavy atom. The van der Waals surface area contributed by atoms with Gasteiger partial charge in [-0.25, -0.2) is 22.9 Å². The van der Waals surface area contributed by atoms with Gasteiger partial charge in [-0.2, -0.15) is 5.10 Å². The van der Waals surface area contributed by atoms with Crippen molar-refractivity contribution in [3.8, 4) is 22.9 Å². The molecule has 0 aliphatic carbocycles. The van der Waals surface area contributed by atoms with Gasteiger partial charge < -0.3 is 10.1 Å².